The average molecular weight is 526 g/mol. The lowest BCUT2D eigenvalue weighted by Crippen LogP contribution is -2.45. The fraction of sp³-hybridized carbons (Fsp3) is 0.900. The van der Waals surface area contributed by atoms with Gasteiger partial charge in [-0.2, -0.15) is 0 Å². The van der Waals surface area contributed by atoms with Crippen molar-refractivity contribution in [3.63, 3.8) is 0 Å². The summed E-state index contributed by atoms with van der Waals surface area (Å²) in [6.45, 7) is 9.95. The van der Waals surface area contributed by atoms with Crippen molar-refractivity contribution in [2.75, 3.05) is 46.5 Å². The van der Waals surface area contributed by atoms with Crippen LogP contribution in [0.1, 0.15) is 52.9 Å². The van der Waals surface area contributed by atoms with Crippen molar-refractivity contribution in [3.05, 3.63) is 0 Å². The van der Waals surface area contributed by atoms with Gasteiger partial charge in [-0.15, -0.1) is 24.0 Å². The molecule has 0 bridgehead atoms. The minimum Gasteiger partial charge on any atom is -0.444 e. The first-order chi connectivity index (χ1) is 13.4. The number of nitrogens with zero attached hydrogens (tertiary/aromatic N) is 2. The van der Waals surface area contributed by atoms with E-state index in [1.54, 1.807) is 7.05 Å². The van der Waals surface area contributed by atoms with Gasteiger partial charge in [0.25, 0.3) is 0 Å². The number of carbonyl (C=O) groups excluding carboxylic acids is 1. The summed E-state index contributed by atoms with van der Waals surface area (Å²) in [5, 5.41) is 6.54. The highest BCUT2D eigenvalue weighted by molar-refractivity contribution is 14.0. The van der Waals surface area contributed by atoms with Crippen molar-refractivity contribution in [3.8, 4) is 0 Å². The molecule has 170 valence electrons. The Morgan fingerprint density at radius 1 is 1.21 bits per heavy atom. The molecular formula is C20H39IN4O4. The fourth-order valence-electron chi connectivity index (χ4n) is 3.02. The van der Waals surface area contributed by atoms with Crippen LogP contribution in [0.4, 0.5) is 4.79 Å². The molecule has 1 saturated heterocycles. The van der Waals surface area contributed by atoms with E-state index in [4.69, 9.17) is 14.2 Å². The molecule has 1 unspecified atom stereocenters. The Labute approximate surface area is 192 Å². The number of guanidine groups is 1. The number of hydrogen-bond donors (Lipinski definition) is 2. The van der Waals surface area contributed by atoms with Crippen LogP contribution in [0.5, 0.6) is 0 Å². The number of hydrogen-bond acceptors (Lipinski definition) is 5. The standard InChI is InChI=1S/C20H38N4O4.HI/c1-20(2,3)28-19(25)24(16-8-9-16)12-11-23-18(21-4)22-10-6-13-26-15-17-7-5-14-27-17;/h16-17H,5-15H2,1-4H3,(H2,21,22,23);1H. The van der Waals surface area contributed by atoms with E-state index in [9.17, 15) is 4.79 Å². The summed E-state index contributed by atoms with van der Waals surface area (Å²) >= 11 is 0. The summed E-state index contributed by atoms with van der Waals surface area (Å²) < 4.78 is 16.7. The summed E-state index contributed by atoms with van der Waals surface area (Å²) in [5.74, 6) is 0.735. The van der Waals surface area contributed by atoms with Crippen molar-refractivity contribution in [2.24, 2.45) is 4.99 Å². The fourth-order valence-corrected chi connectivity index (χ4v) is 3.02. The zero-order valence-corrected chi connectivity index (χ0v) is 20.7. The van der Waals surface area contributed by atoms with Crippen molar-refractivity contribution in [2.45, 2.75) is 70.6 Å². The molecule has 2 fully saturated rings. The maximum atomic E-state index is 12.4. The summed E-state index contributed by atoms with van der Waals surface area (Å²) in [6, 6.07) is 0.313. The molecule has 0 aromatic carbocycles. The lowest BCUT2D eigenvalue weighted by atomic mass is 10.2. The highest BCUT2D eigenvalue weighted by atomic mass is 127. The van der Waals surface area contributed by atoms with Gasteiger partial charge < -0.3 is 29.7 Å². The van der Waals surface area contributed by atoms with Crippen LogP contribution < -0.4 is 10.6 Å². The first kappa shape index (κ1) is 26.2. The molecule has 1 aliphatic heterocycles. The highest BCUT2D eigenvalue weighted by Gasteiger charge is 2.34. The summed E-state index contributed by atoms with van der Waals surface area (Å²) in [4.78, 5) is 18.4. The highest BCUT2D eigenvalue weighted by Crippen LogP contribution is 2.28. The molecule has 9 heteroatoms. The van der Waals surface area contributed by atoms with Crippen LogP contribution in [0.25, 0.3) is 0 Å². The maximum Gasteiger partial charge on any atom is 0.410 e. The summed E-state index contributed by atoms with van der Waals surface area (Å²) in [5.41, 5.74) is -0.471. The number of aliphatic imine (C=N–C) groups is 1. The van der Waals surface area contributed by atoms with Gasteiger partial charge in [-0.3, -0.25) is 4.99 Å². The van der Waals surface area contributed by atoms with Gasteiger partial charge in [0.05, 0.1) is 12.7 Å². The van der Waals surface area contributed by atoms with Gasteiger partial charge in [-0.25, -0.2) is 4.79 Å². The van der Waals surface area contributed by atoms with Crippen LogP contribution in [0.3, 0.4) is 0 Å². The van der Waals surface area contributed by atoms with Crippen LogP contribution >= 0.6 is 24.0 Å². The molecule has 1 amide bonds. The molecule has 8 nitrogen and oxygen atoms in total. The largest absolute Gasteiger partial charge is 0.444 e. The predicted molar refractivity (Wildman–Crippen MR) is 125 cm³/mol. The number of carbonyl (C=O) groups is 1. The quantitative estimate of drug-likeness (QED) is 0.197. The second-order valence-corrected chi connectivity index (χ2v) is 8.39. The minimum atomic E-state index is -0.471. The topological polar surface area (TPSA) is 84.4 Å². The molecular weight excluding hydrogens is 487 g/mol. The van der Waals surface area contributed by atoms with Crippen molar-refractivity contribution in [1.29, 1.82) is 0 Å². The number of halogens is 1. The number of rotatable bonds is 10. The molecule has 1 heterocycles. The first-order valence-electron chi connectivity index (χ1n) is 10.5. The Hall–Kier alpha value is -0.810. The Bertz CT molecular complexity index is 503. The second kappa shape index (κ2) is 13.5. The van der Waals surface area contributed by atoms with Gasteiger partial charge >= 0.3 is 6.09 Å². The third-order valence-corrected chi connectivity index (χ3v) is 4.57. The lowest BCUT2D eigenvalue weighted by Gasteiger charge is -2.27. The van der Waals surface area contributed by atoms with Gasteiger partial charge in [0.2, 0.25) is 0 Å². The first-order valence-corrected chi connectivity index (χ1v) is 10.5. The average Bonchev–Trinajstić information content (AvgIpc) is 3.32. The maximum absolute atomic E-state index is 12.4. The van der Waals surface area contributed by atoms with Crippen LogP contribution in [-0.4, -0.2) is 81.2 Å². The molecule has 1 saturated carbocycles. The van der Waals surface area contributed by atoms with Crippen molar-refractivity contribution < 1.29 is 19.0 Å². The predicted octanol–water partition coefficient (Wildman–Crippen LogP) is 2.75. The second-order valence-electron chi connectivity index (χ2n) is 8.39. The molecule has 0 spiro atoms. The van der Waals surface area contributed by atoms with Crippen LogP contribution in [0.15, 0.2) is 4.99 Å². The van der Waals surface area contributed by atoms with Gasteiger partial charge in [-0.1, -0.05) is 0 Å². The van der Waals surface area contributed by atoms with Crippen LogP contribution in [-0.2, 0) is 14.2 Å². The Morgan fingerprint density at radius 2 is 1.93 bits per heavy atom. The van der Waals surface area contributed by atoms with Gasteiger partial charge in [-0.05, 0) is 52.9 Å². The SMILES string of the molecule is CN=C(NCCCOCC1CCCO1)NCCN(C(=O)OC(C)(C)C)C1CC1.I. The van der Waals surface area contributed by atoms with E-state index >= 15 is 0 Å². The van der Waals surface area contributed by atoms with E-state index in [1.165, 1.54) is 0 Å². The summed E-state index contributed by atoms with van der Waals surface area (Å²) in [6.07, 6.45) is 5.31. The molecule has 0 radical (unpaired) electrons. The zero-order valence-electron chi connectivity index (χ0n) is 18.4. The van der Waals surface area contributed by atoms with Crippen molar-refractivity contribution >= 4 is 36.0 Å². The van der Waals surface area contributed by atoms with Crippen molar-refractivity contribution in [1.82, 2.24) is 15.5 Å². The third-order valence-electron chi connectivity index (χ3n) is 4.57. The van der Waals surface area contributed by atoms with Gasteiger partial charge in [0, 0.05) is 45.9 Å². The van der Waals surface area contributed by atoms with E-state index in [0.717, 1.165) is 51.2 Å². The third kappa shape index (κ3) is 11.2. The van der Waals surface area contributed by atoms with E-state index in [1.807, 2.05) is 25.7 Å². The van der Waals surface area contributed by atoms with E-state index < -0.39 is 5.60 Å². The minimum absolute atomic E-state index is 0. The molecule has 0 aromatic rings. The number of ether oxygens (including phenoxy) is 3. The number of nitrogens with one attached hydrogen (secondary N) is 2. The Morgan fingerprint density at radius 3 is 2.52 bits per heavy atom. The Kier molecular flexibility index (Phi) is 12.2. The zero-order chi connectivity index (χ0) is 20.4. The molecule has 0 aromatic heterocycles. The van der Waals surface area contributed by atoms with Crippen LogP contribution in [0.2, 0.25) is 0 Å². The molecule has 1 aliphatic carbocycles. The number of amides is 1. The summed E-state index contributed by atoms with van der Waals surface area (Å²) in [7, 11) is 1.75. The van der Waals surface area contributed by atoms with E-state index in [-0.39, 0.29) is 36.2 Å². The molecule has 1 atom stereocenters. The normalized spacial score (nSPS) is 19.4. The Balaban J connectivity index is 0.00000420. The molecule has 29 heavy (non-hydrogen) atoms. The molecule has 2 aliphatic rings. The van der Waals surface area contributed by atoms with E-state index in [0.29, 0.717) is 32.3 Å². The van der Waals surface area contributed by atoms with Crippen LogP contribution in [0, 0.1) is 0 Å². The van der Waals surface area contributed by atoms with Gasteiger partial charge in [0.15, 0.2) is 5.96 Å². The molecule has 2 N–H and O–H groups in total. The smallest absolute Gasteiger partial charge is 0.410 e. The lowest BCUT2D eigenvalue weighted by molar-refractivity contribution is 0.0168. The van der Waals surface area contributed by atoms with E-state index in [2.05, 4.69) is 15.6 Å². The molecule has 2 rings (SSSR count). The monoisotopic (exact) mass is 526 g/mol. The van der Waals surface area contributed by atoms with Gasteiger partial charge in [0.1, 0.15) is 5.60 Å².